The third kappa shape index (κ3) is 1.62. The summed E-state index contributed by atoms with van der Waals surface area (Å²) in [4.78, 5) is 0.671. The Bertz CT molecular complexity index is 260. The van der Waals surface area contributed by atoms with Crippen molar-refractivity contribution in [2.75, 3.05) is 13.4 Å². The van der Waals surface area contributed by atoms with Crippen LogP contribution in [0.3, 0.4) is 0 Å². The van der Waals surface area contributed by atoms with Gasteiger partial charge in [0.1, 0.15) is 5.75 Å². The predicted octanol–water partition coefficient (Wildman–Crippen LogP) is 2.78. The standard InChI is InChI=1S/C8H9ClO2S/c1-11-7-5(9)3-4-6(10)8(7)12-2/h3-4,10H,1-2H3. The first kappa shape index (κ1) is 9.55. The molecule has 4 heteroatoms. The van der Waals surface area contributed by atoms with Gasteiger partial charge in [-0.3, -0.25) is 0 Å². The Morgan fingerprint density at radius 1 is 1.50 bits per heavy atom. The minimum absolute atomic E-state index is 0.198. The molecule has 0 aliphatic rings. The van der Waals surface area contributed by atoms with Gasteiger partial charge in [-0.05, 0) is 18.4 Å². The van der Waals surface area contributed by atoms with Crippen LogP contribution in [-0.2, 0) is 0 Å². The second-order valence-electron chi connectivity index (χ2n) is 2.13. The van der Waals surface area contributed by atoms with Crippen LogP contribution < -0.4 is 4.74 Å². The number of ether oxygens (including phenoxy) is 1. The van der Waals surface area contributed by atoms with E-state index in [1.54, 1.807) is 12.1 Å². The SMILES string of the molecule is COc1c(Cl)ccc(O)c1SC. The van der Waals surface area contributed by atoms with Gasteiger partial charge >= 0.3 is 0 Å². The van der Waals surface area contributed by atoms with Crippen molar-refractivity contribution >= 4 is 23.4 Å². The Kier molecular flexibility index (Phi) is 3.12. The number of hydrogen-bond acceptors (Lipinski definition) is 3. The highest BCUT2D eigenvalue weighted by molar-refractivity contribution is 7.98. The van der Waals surface area contributed by atoms with Gasteiger partial charge in [-0.1, -0.05) is 11.6 Å². The minimum Gasteiger partial charge on any atom is -0.507 e. The van der Waals surface area contributed by atoms with Crippen LogP contribution in [0, 0.1) is 0 Å². The van der Waals surface area contributed by atoms with Crippen molar-refractivity contribution in [1.29, 1.82) is 0 Å². The average Bonchev–Trinajstić information content (AvgIpc) is 2.08. The van der Waals surface area contributed by atoms with E-state index < -0.39 is 0 Å². The van der Waals surface area contributed by atoms with Gasteiger partial charge < -0.3 is 9.84 Å². The van der Waals surface area contributed by atoms with E-state index >= 15 is 0 Å². The number of halogens is 1. The molecule has 66 valence electrons. The number of benzene rings is 1. The first-order valence-corrected chi connectivity index (χ1v) is 4.90. The zero-order valence-corrected chi connectivity index (χ0v) is 8.37. The molecule has 1 aromatic carbocycles. The van der Waals surface area contributed by atoms with Crippen LogP contribution in [0.5, 0.6) is 11.5 Å². The van der Waals surface area contributed by atoms with Crippen LogP contribution in [0.2, 0.25) is 5.02 Å². The third-order valence-corrected chi connectivity index (χ3v) is 2.55. The maximum Gasteiger partial charge on any atom is 0.154 e. The maximum atomic E-state index is 9.39. The van der Waals surface area contributed by atoms with Crippen LogP contribution in [-0.4, -0.2) is 18.5 Å². The van der Waals surface area contributed by atoms with Crippen molar-refractivity contribution < 1.29 is 9.84 Å². The molecule has 2 nitrogen and oxygen atoms in total. The molecule has 0 bridgehead atoms. The number of aromatic hydroxyl groups is 1. The molecule has 1 N–H and O–H groups in total. The van der Waals surface area contributed by atoms with E-state index in [0.29, 0.717) is 15.7 Å². The molecule has 0 heterocycles. The Labute approximate surface area is 80.5 Å². The minimum atomic E-state index is 0.198. The fourth-order valence-electron chi connectivity index (χ4n) is 0.916. The van der Waals surface area contributed by atoms with E-state index in [2.05, 4.69) is 0 Å². The zero-order valence-electron chi connectivity index (χ0n) is 6.80. The van der Waals surface area contributed by atoms with Crippen molar-refractivity contribution in [3.63, 3.8) is 0 Å². The van der Waals surface area contributed by atoms with Crippen molar-refractivity contribution in [3.05, 3.63) is 17.2 Å². The van der Waals surface area contributed by atoms with E-state index in [9.17, 15) is 5.11 Å². The Hall–Kier alpha value is -0.540. The van der Waals surface area contributed by atoms with Crippen LogP contribution in [0.4, 0.5) is 0 Å². The normalized spacial score (nSPS) is 9.92. The molecule has 0 fully saturated rings. The van der Waals surface area contributed by atoms with Gasteiger partial charge in [0.25, 0.3) is 0 Å². The summed E-state index contributed by atoms with van der Waals surface area (Å²) in [5.41, 5.74) is 0. The lowest BCUT2D eigenvalue weighted by molar-refractivity contribution is 0.392. The second-order valence-corrected chi connectivity index (χ2v) is 3.36. The van der Waals surface area contributed by atoms with E-state index in [-0.39, 0.29) is 5.75 Å². The summed E-state index contributed by atoms with van der Waals surface area (Å²) in [7, 11) is 1.53. The monoisotopic (exact) mass is 204 g/mol. The highest BCUT2D eigenvalue weighted by atomic mass is 35.5. The Balaban J connectivity index is 3.28. The summed E-state index contributed by atoms with van der Waals surface area (Å²) in [6.45, 7) is 0. The summed E-state index contributed by atoms with van der Waals surface area (Å²) < 4.78 is 5.04. The molecular weight excluding hydrogens is 196 g/mol. The molecule has 0 spiro atoms. The molecule has 0 aliphatic carbocycles. The van der Waals surface area contributed by atoms with Crippen LogP contribution in [0.25, 0.3) is 0 Å². The van der Waals surface area contributed by atoms with Gasteiger partial charge in [0.15, 0.2) is 5.75 Å². The van der Waals surface area contributed by atoms with E-state index in [4.69, 9.17) is 16.3 Å². The molecule has 0 unspecified atom stereocenters. The fraction of sp³-hybridized carbons (Fsp3) is 0.250. The van der Waals surface area contributed by atoms with Crippen molar-refractivity contribution in [2.45, 2.75) is 4.90 Å². The molecule has 12 heavy (non-hydrogen) atoms. The molecule has 0 atom stereocenters. The highest BCUT2D eigenvalue weighted by Crippen LogP contribution is 2.40. The van der Waals surface area contributed by atoms with Gasteiger partial charge in [0, 0.05) is 0 Å². The number of thioether (sulfide) groups is 1. The van der Waals surface area contributed by atoms with Gasteiger partial charge in [-0.15, -0.1) is 11.8 Å². The molecule has 0 radical (unpaired) electrons. The predicted molar refractivity (Wildman–Crippen MR) is 51.4 cm³/mol. The van der Waals surface area contributed by atoms with E-state index in [0.717, 1.165) is 0 Å². The van der Waals surface area contributed by atoms with Gasteiger partial charge in [-0.25, -0.2) is 0 Å². The van der Waals surface area contributed by atoms with Crippen LogP contribution in [0.15, 0.2) is 17.0 Å². The van der Waals surface area contributed by atoms with Crippen LogP contribution >= 0.6 is 23.4 Å². The number of rotatable bonds is 2. The topological polar surface area (TPSA) is 29.5 Å². The summed E-state index contributed by atoms with van der Waals surface area (Å²) in [6.07, 6.45) is 1.86. The van der Waals surface area contributed by atoms with Crippen LogP contribution in [0.1, 0.15) is 0 Å². The van der Waals surface area contributed by atoms with Crippen molar-refractivity contribution in [1.82, 2.24) is 0 Å². The smallest absolute Gasteiger partial charge is 0.154 e. The lowest BCUT2D eigenvalue weighted by atomic mass is 10.3. The van der Waals surface area contributed by atoms with Crippen molar-refractivity contribution in [3.8, 4) is 11.5 Å². The number of hydrogen-bond donors (Lipinski definition) is 1. The van der Waals surface area contributed by atoms with E-state index in [1.165, 1.54) is 18.9 Å². The first-order valence-electron chi connectivity index (χ1n) is 3.30. The van der Waals surface area contributed by atoms with Gasteiger partial charge in [-0.2, -0.15) is 0 Å². The molecule has 0 aromatic heterocycles. The van der Waals surface area contributed by atoms with Crippen molar-refractivity contribution in [2.24, 2.45) is 0 Å². The number of phenolic OH excluding ortho intramolecular Hbond substituents is 1. The second kappa shape index (κ2) is 3.92. The summed E-state index contributed by atoms with van der Waals surface area (Å²) in [6, 6.07) is 3.16. The maximum absolute atomic E-state index is 9.39. The average molecular weight is 205 g/mol. The Morgan fingerprint density at radius 2 is 2.17 bits per heavy atom. The van der Waals surface area contributed by atoms with E-state index in [1.807, 2.05) is 6.26 Å². The molecular formula is C8H9ClO2S. The van der Waals surface area contributed by atoms with Gasteiger partial charge in [0.2, 0.25) is 0 Å². The summed E-state index contributed by atoms with van der Waals surface area (Å²) >= 11 is 7.23. The number of phenols is 1. The van der Waals surface area contributed by atoms with Gasteiger partial charge in [0.05, 0.1) is 17.0 Å². The quantitative estimate of drug-likeness (QED) is 0.752. The lowest BCUT2D eigenvalue weighted by Crippen LogP contribution is -1.87. The molecule has 0 aliphatic heterocycles. The number of methoxy groups -OCH3 is 1. The zero-order chi connectivity index (χ0) is 9.14. The highest BCUT2D eigenvalue weighted by Gasteiger charge is 2.10. The largest absolute Gasteiger partial charge is 0.507 e. The molecule has 1 aromatic rings. The first-order chi connectivity index (χ1) is 5.70. The molecule has 0 saturated carbocycles. The summed E-state index contributed by atoms with van der Waals surface area (Å²) in [5.74, 6) is 0.730. The fourth-order valence-corrected chi connectivity index (χ4v) is 1.86. The molecule has 1 rings (SSSR count). The summed E-state index contributed by atoms with van der Waals surface area (Å²) in [5, 5.41) is 9.90. The lowest BCUT2D eigenvalue weighted by Gasteiger charge is -2.08. The third-order valence-electron chi connectivity index (χ3n) is 1.45. The Morgan fingerprint density at radius 3 is 2.58 bits per heavy atom. The molecule has 0 saturated heterocycles. The molecule has 0 amide bonds.